The highest BCUT2D eigenvalue weighted by Gasteiger charge is 2.36. The third-order valence-electron chi connectivity index (χ3n) is 5.94. The summed E-state index contributed by atoms with van der Waals surface area (Å²) in [6, 6.07) is 21.7. The Morgan fingerprint density at radius 1 is 0.973 bits per heavy atom. The summed E-state index contributed by atoms with van der Waals surface area (Å²) in [5.74, 6) is 0.832. The lowest BCUT2D eigenvalue weighted by molar-refractivity contribution is 0.101. The smallest absolute Gasteiger partial charge is 0.268 e. The molecule has 4 aromatic rings. The van der Waals surface area contributed by atoms with Gasteiger partial charge in [-0.05, 0) is 29.8 Å². The number of rotatable bonds is 8. The van der Waals surface area contributed by atoms with Crippen molar-refractivity contribution in [3.8, 4) is 22.8 Å². The monoisotopic (exact) mass is 533 g/mol. The largest absolute Gasteiger partial charge is 0.497 e. The highest BCUT2D eigenvalue weighted by molar-refractivity contribution is 7.99. The van der Waals surface area contributed by atoms with E-state index in [-0.39, 0.29) is 23.0 Å². The molecule has 0 N–H and O–H groups in total. The second-order valence-corrected chi connectivity index (χ2v) is 10.9. The topological polar surface area (TPSA) is 98.7 Å². The molecule has 0 atom stereocenters. The number of ether oxygens (including phenoxy) is 2. The molecule has 188 valence electrons. The molecule has 0 saturated carbocycles. The van der Waals surface area contributed by atoms with Crippen molar-refractivity contribution in [2.24, 2.45) is 0 Å². The summed E-state index contributed by atoms with van der Waals surface area (Å²) in [6.07, 6.45) is 1.32. The Morgan fingerprint density at radius 3 is 2.49 bits per heavy atom. The number of ketones is 1. The van der Waals surface area contributed by atoms with Crippen LogP contribution < -0.4 is 13.8 Å². The first kappa shape index (κ1) is 24.8. The number of hydrogen-bond acceptors (Lipinski definition) is 8. The Bertz CT molecular complexity index is 1580. The van der Waals surface area contributed by atoms with Gasteiger partial charge in [-0.3, -0.25) is 9.10 Å². The molecule has 10 heteroatoms. The van der Waals surface area contributed by atoms with Crippen LogP contribution in [0, 0.1) is 0 Å². The molecule has 37 heavy (non-hydrogen) atoms. The number of fused-ring (bicyclic) bond motifs is 3. The maximum Gasteiger partial charge on any atom is 0.268 e. The molecule has 0 aliphatic carbocycles. The van der Waals surface area contributed by atoms with Crippen LogP contribution in [0.25, 0.3) is 11.3 Å². The Hall–Kier alpha value is -3.89. The molecule has 1 aliphatic rings. The minimum Gasteiger partial charge on any atom is -0.497 e. The first-order valence-electron chi connectivity index (χ1n) is 11.3. The molecular formula is C27H23N3O5S2. The number of benzene rings is 3. The summed E-state index contributed by atoms with van der Waals surface area (Å²) in [7, 11) is -0.877. The Morgan fingerprint density at radius 2 is 1.73 bits per heavy atom. The lowest BCUT2D eigenvalue weighted by atomic mass is 10.1. The maximum absolute atomic E-state index is 13.6. The lowest BCUT2D eigenvalue weighted by Gasteiger charge is -2.31. The molecule has 0 spiro atoms. The summed E-state index contributed by atoms with van der Waals surface area (Å²) >= 11 is 1.13. The van der Waals surface area contributed by atoms with E-state index in [1.54, 1.807) is 30.3 Å². The van der Waals surface area contributed by atoms with Crippen molar-refractivity contribution in [3.63, 3.8) is 0 Å². The summed E-state index contributed by atoms with van der Waals surface area (Å²) in [5, 5.41) is 0.301. The molecule has 3 aromatic carbocycles. The minimum atomic E-state index is -3.90. The number of anilines is 1. The van der Waals surface area contributed by atoms with Crippen molar-refractivity contribution in [1.82, 2.24) is 9.97 Å². The van der Waals surface area contributed by atoms with Crippen LogP contribution in [0.5, 0.6) is 11.5 Å². The summed E-state index contributed by atoms with van der Waals surface area (Å²) < 4.78 is 39.2. The predicted molar refractivity (Wildman–Crippen MR) is 142 cm³/mol. The van der Waals surface area contributed by atoms with Crippen LogP contribution in [0.15, 0.2) is 89.0 Å². The summed E-state index contributed by atoms with van der Waals surface area (Å²) in [5.41, 5.74) is 2.81. The molecule has 2 heterocycles. The van der Waals surface area contributed by atoms with E-state index in [0.717, 1.165) is 17.3 Å². The van der Waals surface area contributed by atoms with Crippen LogP contribution in [0.3, 0.4) is 0 Å². The molecule has 1 aromatic heterocycles. The zero-order valence-corrected chi connectivity index (χ0v) is 21.8. The minimum absolute atomic E-state index is 0.0345. The van der Waals surface area contributed by atoms with E-state index < -0.39 is 10.0 Å². The fraction of sp³-hybridized carbons (Fsp3) is 0.148. The highest BCUT2D eigenvalue weighted by Crippen LogP contribution is 2.42. The quantitative estimate of drug-likeness (QED) is 0.180. The van der Waals surface area contributed by atoms with Crippen molar-refractivity contribution >= 4 is 33.3 Å². The van der Waals surface area contributed by atoms with E-state index in [1.807, 2.05) is 42.5 Å². The van der Waals surface area contributed by atoms with Crippen LogP contribution in [0.1, 0.15) is 15.9 Å². The average molecular weight is 534 g/mol. The summed E-state index contributed by atoms with van der Waals surface area (Å²) in [4.78, 5) is 21.8. The fourth-order valence-corrected chi connectivity index (χ4v) is 6.36. The van der Waals surface area contributed by atoms with Crippen molar-refractivity contribution < 1.29 is 22.7 Å². The molecule has 8 nitrogen and oxygen atoms in total. The number of Topliss-reactive ketones (excluding diaryl/α,β-unsaturated/α-hetero) is 1. The zero-order valence-electron chi connectivity index (χ0n) is 20.1. The molecule has 5 rings (SSSR count). The summed E-state index contributed by atoms with van der Waals surface area (Å²) in [6.45, 7) is 0.188. The highest BCUT2D eigenvalue weighted by atomic mass is 32.2. The van der Waals surface area contributed by atoms with Gasteiger partial charge in [-0.15, -0.1) is 0 Å². The van der Waals surface area contributed by atoms with E-state index >= 15 is 0 Å². The van der Waals surface area contributed by atoms with Gasteiger partial charge in [0.05, 0.1) is 49.7 Å². The second-order valence-electron chi connectivity index (χ2n) is 8.16. The van der Waals surface area contributed by atoms with Crippen molar-refractivity contribution in [1.29, 1.82) is 0 Å². The molecule has 0 radical (unpaired) electrons. The van der Waals surface area contributed by atoms with E-state index in [4.69, 9.17) is 9.47 Å². The first-order valence-corrected chi connectivity index (χ1v) is 13.8. The van der Waals surface area contributed by atoms with Crippen molar-refractivity contribution in [3.05, 3.63) is 90.1 Å². The Kier molecular flexibility index (Phi) is 6.86. The third-order valence-corrected chi connectivity index (χ3v) is 8.56. The van der Waals surface area contributed by atoms with Crippen molar-refractivity contribution in [2.45, 2.75) is 16.6 Å². The lowest BCUT2D eigenvalue weighted by Crippen LogP contribution is -2.34. The van der Waals surface area contributed by atoms with Gasteiger partial charge in [-0.25, -0.2) is 18.4 Å². The van der Waals surface area contributed by atoms with Crippen molar-refractivity contribution in [2.75, 3.05) is 24.3 Å². The maximum atomic E-state index is 13.6. The van der Waals surface area contributed by atoms with Crippen LogP contribution in [-0.2, 0) is 16.6 Å². The average Bonchev–Trinajstić information content (AvgIpc) is 2.94. The van der Waals surface area contributed by atoms with Crippen LogP contribution in [0.4, 0.5) is 5.69 Å². The van der Waals surface area contributed by atoms with E-state index in [1.165, 1.54) is 24.7 Å². The van der Waals surface area contributed by atoms with Crippen LogP contribution in [-0.4, -0.2) is 44.1 Å². The Balaban J connectivity index is 1.45. The number of carbonyl (C=O) groups excluding carboxylic acids is 1. The second kappa shape index (κ2) is 10.2. The molecule has 1 aliphatic heterocycles. The van der Waals surface area contributed by atoms with Gasteiger partial charge in [0.25, 0.3) is 10.0 Å². The van der Waals surface area contributed by atoms with Gasteiger partial charge < -0.3 is 9.47 Å². The number of aromatic nitrogens is 2. The molecule has 0 saturated heterocycles. The molecule has 0 fully saturated rings. The number of carbonyl (C=O) groups is 1. The number of thioether (sulfide) groups is 1. The van der Waals surface area contributed by atoms with Crippen LogP contribution >= 0.6 is 11.8 Å². The molecular weight excluding hydrogens is 510 g/mol. The normalized spacial score (nSPS) is 13.4. The molecule has 0 amide bonds. The van der Waals surface area contributed by atoms with Gasteiger partial charge in [-0.2, -0.15) is 0 Å². The zero-order chi connectivity index (χ0) is 26.0. The fourth-order valence-electron chi connectivity index (χ4n) is 4.10. The van der Waals surface area contributed by atoms with Gasteiger partial charge >= 0.3 is 0 Å². The number of nitrogens with zero attached hydrogens (tertiary/aromatic N) is 3. The first-order chi connectivity index (χ1) is 17.9. The number of sulfonamides is 1. The van der Waals surface area contributed by atoms with E-state index in [0.29, 0.717) is 39.2 Å². The number of hydrogen-bond donors (Lipinski definition) is 0. The van der Waals surface area contributed by atoms with Crippen LogP contribution in [0.2, 0.25) is 0 Å². The SMILES string of the molecule is COc1ccc(OC)c(C(=O)CSc2ncc3c(n2)-c2ccccc2N(Cc2ccccc2)S3(=O)=O)c1. The Labute approximate surface area is 219 Å². The van der Waals surface area contributed by atoms with Gasteiger partial charge in [0.15, 0.2) is 10.9 Å². The predicted octanol–water partition coefficient (Wildman–Crippen LogP) is 4.84. The molecule has 0 bridgehead atoms. The van der Waals surface area contributed by atoms with Gasteiger partial charge in [0.1, 0.15) is 16.4 Å². The number of methoxy groups -OCH3 is 2. The van der Waals surface area contributed by atoms with Gasteiger partial charge in [0, 0.05) is 5.56 Å². The third kappa shape index (κ3) is 4.77. The van der Waals surface area contributed by atoms with Gasteiger partial charge in [-0.1, -0.05) is 60.3 Å². The van der Waals surface area contributed by atoms with E-state index in [2.05, 4.69) is 9.97 Å². The van der Waals surface area contributed by atoms with E-state index in [9.17, 15) is 13.2 Å². The molecule has 0 unspecified atom stereocenters. The van der Waals surface area contributed by atoms with Gasteiger partial charge in [0.2, 0.25) is 0 Å². The standard InChI is InChI=1S/C27H23N3O5S2/c1-34-19-12-13-24(35-2)21(14-19)23(31)17-36-27-28-15-25-26(29-27)20-10-6-7-11-22(20)30(37(25,32)33)16-18-8-4-3-5-9-18/h3-15H,16-17H2,1-2H3. The number of para-hydroxylation sites is 1.